The molecule has 1 aliphatic rings. The van der Waals surface area contributed by atoms with E-state index in [4.69, 9.17) is 0 Å². The molecule has 1 N–H and O–H groups in total. The van der Waals surface area contributed by atoms with Crippen LogP contribution in [-0.2, 0) is 6.54 Å². The topological polar surface area (TPSA) is 91.8 Å². The highest BCUT2D eigenvalue weighted by molar-refractivity contribution is 5.65. The normalized spacial score (nSPS) is 14.3. The van der Waals surface area contributed by atoms with Crippen LogP contribution in [0.5, 0.6) is 0 Å². The summed E-state index contributed by atoms with van der Waals surface area (Å²) in [5, 5.41) is 17.9. The van der Waals surface area contributed by atoms with Gasteiger partial charge in [0, 0.05) is 18.3 Å². The largest absolute Gasteiger partial charge is 0.337 e. The van der Waals surface area contributed by atoms with Crippen molar-refractivity contribution in [3.05, 3.63) is 39.9 Å². The fourth-order valence-corrected chi connectivity index (χ4v) is 3.19. The third kappa shape index (κ3) is 2.74. The Hall–Kier alpha value is -2.88. The Morgan fingerprint density at radius 1 is 1.44 bits per heavy atom. The smallest absolute Gasteiger partial charge is 0.278 e. The lowest BCUT2D eigenvalue weighted by molar-refractivity contribution is 0.547. The summed E-state index contributed by atoms with van der Waals surface area (Å²) in [6, 6.07) is 3.99. The molecule has 1 fully saturated rings. The third-order valence-corrected chi connectivity index (χ3v) is 4.76. The first-order chi connectivity index (χ1) is 12.1. The second kappa shape index (κ2) is 5.88. The maximum atomic E-state index is 12.9. The van der Waals surface area contributed by atoms with Crippen molar-refractivity contribution in [1.82, 2.24) is 24.4 Å². The summed E-state index contributed by atoms with van der Waals surface area (Å²) < 4.78 is 3.20. The summed E-state index contributed by atoms with van der Waals surface area (Å²) in [5.41, 5.74) is 2.60. The number of hydrogen-bond donors (Lipinski definition) is 1. The van der Waals surface area contributed by atoms with E-state index in [0.717, 1.165) is 24.6 Å². The van der Waals surface area contributed by atoms with Crippen molar-refractivity contribution in [2.24, 2.45) is 5.92 Å². The van der Waals surface area contributed by atoms with Gasteiger partial charge >= 0.3 is 0 Å². The summed E-state index contributed by atoms with van der Waals surface area (Å²) in [5.74, 6) is 0.856. The number of fused-ring (bicyclic) bond motifs is 1. The summed E-state index contributed by atoms with van der Waals surface area (Å²) in [6.07, 6.45) is 7.16. The summed E-state index contributed by atoms with van der Waals surface area (Å²) in [6.45, 7) is 4.84. The van der Waals surface area contributed by atoms with Gasteiger partial charge in [-0.3, -0.25) is 9.48 Å². The lowest BCUT2D eigenvalue weighted by Gasteiger charge is -2.11. The molecule has 0 radical (unpaired) electrons. The van der Waals surface area contributed by atoms with Crippen LogP contribution in [0.2, 0.25) is 0 Å². The highest BCUT2D eigenvalue weighted by Gasteiger charge is 2.22. The second-order valence-electron chi connectivity index (χ2n) is 7.00. The van der Waals surface area contributed by atoms with E-state index >= 15 is 0 Å². The van der Waals surface area contributed by atoms with Crippen molar-refractivity contribution in [2.75, 3.05) is 0 Å². The van der Waals surface area contributed by atoms with Crippen LogP contribution in [0.25, 0.3) is 17.0 Å². The number of nitriles is 1. The molecule has 1 aliphatic carbocycles. The number of aromatic amines is 1. The Labute approximate surface area is 144 Å². The summed E-state index contributed by atoms with van der Waals surface area (Å²) >= 11 is 0. The minimum atomic E-state index is -0.201. The predicted octanol–water partition coefficient (Wildman–Crippen LogP) is 2.68. The number of hydrogen-bond acceptors (Lipinski definition) is 4. The highest BCUT2D eigenvalue weighted by atomic mass is 16.1. The van der Waals surface area contributed by atoms with Crippen LogP contribution in [0.15, 0.2) is 23.3 Å². The molecular weight excluding hydrogens is 316 g/mol. The zero-order chi connectivity index (χ0) is 17.6. The van der Waals surface area contributed by atoms with Gasteiger partial charge in [0.1, 0.15) is 17.3 Å². The van der Waals surface area contributed by atoms with Gasteiger partial charge in [0.15, 0.2) is 5.65 Å². The fraction of sp³-hybridized carbons (Fsp3) is 0.444. The van der Waals surface area contributed by atoms with Crippen molar-refractivity contribution in [3.8, 4) is 17.5 Å². The zero-order valence-corrected chi connectivity index (χ0v) is 14.4. The maximum Gasteiger partial charge on any atom is 0.278 e. The van der Waals surface area contributed by atoms with Crippen molar-refractivity contribution in [2.45, 2.75) is 45.6 Å². The third-order valence-electron chi connectivity index (χ3n) is 4.76. The molecule has 1 saturated carbocycles. The van der Waals surface area contributed by atoms with Crippen molar-refractivity contribution >= 4 is 5.65 Å². The number of aromatic nitrogens is 5. The van der Waals surface area contributed by atoms with Crippen LogP contribution in [-0.4, -0.2) is 24.4 Å². The molecule has 3 aromatic heterocycles. The molecule has 0 aliphatic heterocycles. The average Bonchev–Trinajstić information content (AvgIpc) is 3.14. The first-order valence-electron chi connectivity index (χ1n) is 8.66. The van der Waals surface area contributed by atoms with Gasteiger partial charge in [-0.2, -0.15) is 20.0 Å². The van der Waals surface area contributed by atoms with Crippen LogP contribution in [0.1, 0.15) is 50.2 Å². The average molecular weight is 336 g/mol. The van der Waals surface area contributed by atoms with E-state index in [1.807, 2.05) is 30.8 Å². The standard InChI is InChI=1S/C18H20N6O/c1-11(2)15-16(14-6-8-23(22-14)7-5-12-3-4-12)21-17-13(9-19)10-20-24(17)18(15)25/h6,8,10-12,21H,3-5,7H2,1-2H3. The molecule has 3 heterocycles. The molecule has 0 amide bonds. The lowest BCUT2D eigenvalue weighted by Crippen LogP contribution is -2.22. The van der Waals surface area contributed by atoms with Gasteiger partial charge < -0.3 is 4.98 Å². The lowest BCUT2D eigenvalue weighted by atomic mass is 10.0. The Morgan fingerprint density at radius 2 is 2.24 bits per heavy atom. The quantitative estimate of drug-likeness (QED) is 0.775. The summed E-state index contributed by atoms with van der Waals surface area (Å²) in [7, 11) is 0. The molecule has 7 nitrogen and oxygen atoms in total. The maximum absolute atomic E-state index is 12.9. The fourth-order valence-electron chi connectivity index (χ4n) is 3.19. The molecule has 0 bridgehead atoms. The molecule has 3 aromatic rings. The molecule has 128 valence electrons. The van der Waals surface area contributed by atoms with Gasteiger partial charge in [-0.25, -0.2) is 0 Å². The van der Waals surface area contributed by atoms with Crippen molar-refractivity contribution < 1.29 is 0 Å². The Balaban J connectivity index is 1.83. The van der Waals surface area contributed by atoms with E-state index in [9.17, 15) is 10.1 Å². The molecule has 25 heavy (non-hydrogen) atoms. The number of nitrogens with zero attached hydrogens (tertiary/aromatic N) is 5. The summed E-state index contributed by atoms with van der Waals surface area (Å²) in [4.78, 5) is 16.1. The van der Waals surface area contributed by atoms with Crippen LogP contribution in [0.4, 0.5) is 0 Å². The van der Waals surface area contributed by atoms with Crippen LogP contribution in [0.3, 0.4) is 0 Å². The van der Waals surface area contributed by atoms with Crippen LogP contribution < -0.4 is 5.56 Å². The molecule has 0 atom stereocenters. The zero-order valence-electron chi connectivity index (χ0n) is 14.4. The number of aryl methyl sites for hydroxylation is 1. The van der Waals surface area contributed by atoms with Gasteiger partial charge in [-0.15, -0.1) is 0 Å². The van der Waals surface area contributed by atoms with Crippen molar-refractivity contribution in [3.63, 3.8) is 0 Å². The number of rotatable bonds is 5. The predicted molar refractivity (Wildman–Crippen MR) is 93.2 cm³/mol. The van der Waals surface area contributed by atoms with Gasteiger partial charge in [0.2, 0.25) is 0 Å². The van der Waals surface area contributed by atoms with Gasteiger partial charge in [0.05, 0.1) is 11.9 Å². The second-order valence-corrected chi connectivity index (χ2v) is 7.00. The molecule has 7 heteroatoms. The first kappa shape index (κ1) is 15.6. The Morgan fingerprint density at radius 3 is 2.92 bits per heavy atom. The minimum Gasteiger partial charge on any atom is -0.337 e. The first-order valence-corrected chi connectivity index (χ1v) is 8.66. The van der Waals surface area contributed by atoms with E-state index < -0.39 is 0 Å². The molecule has 0 spiro atoms. The number of H-pyrrole nitrogens is 1. The molecule has 0 saturated heterocycles. The monoisotopic (exact) mass is 336 g/mol. The van der Waals surface area contributed by atoms with E-state index in [1.54, 1.807) is 0 Å². The molecule has 0 unspecified atom stereocenters. The van der Waals surface area contributed by atoms with E-state index in [2.05, 4.69) is 21.3 Å². The van der Waals surface area contributed by atoms with Gasteiger partial charge in [-0.1, -0.05) is 26.7 Å². The highest BCUT2D eigenvalue weighted by Crippen LogP contribution is 2.33. The van der Waals surface area contributed by atoms with E-state index in [1.165, 1.54) is 23.6 Å². The van der Waals surface area contributed by atoms with Crippen LogP contribution in [0, 0.1) is 17.2 Å². The minimum absolute atomic E-state index is 0.00880. The van der Waals surface area contributed by atoms with Gasteiger partial charge in [0.25, 0.3) is 5.56 Å². The molecular formula is C18H20N6O. The van der Waals surface area contributed by atoms with Crippen molar-refractivity contribution in [1.29, 1.82) is 5.26 Å². The van der Waals surface area contributed by atoms with Gasteiger partial charge in [-0.05, 0) is 24.3 Å². The molecule has 0 aromatic carbocycles. The van der Waals surface area contributed by atoms with Crippen LogP contribution >= 0.6 is 0 Å². The Kier molecular flexibility index (Phi) is 3.68. The number of nitrogens with one attached hydrogen (secondary N) is 1. The Bertz CT molecular complexity index is 1030. The van der Waals surface area contributed by atoms with E-state index in [-0.39, 0.29) is 11.5 Å². The van der Waals surface area contributed by atoms with E-state index in [0.29, 0.717) is 22.5 Å². The SMILES string of the molecule is CC(C)c1c(-c2ccn(CCC3CC3)n2)[nH]c2c(C#N)cnn2c1=O. The molecule has 4 rings (SSSR count).